The van der Waals surface area contributed by atoms with E-state index in [9.17, 15) is 4.79 Å². The van der Waals surface area contributed by atoms with E-state index in [0.29, 0.717) is 18.3 Å². The number of hydrogen-bond acceptors (Lipinski definition) is 6. The molecule has 6 heteroatoms. The third-order valence-electron chi connectivity index (χ3n) is 1.94. The third kappa shape index (κ3) is 8.52. The summed E-state index contributed by atoms with van der Waals surface area (Å²) in [6.07, 6.45) is 2.81. The SMILES string of the molecule is NCCSC(C=O)CCC(C=S)SCCN. The number of nitrogens with two attached hydrogens (primary N) is 2. The molecular weight excluding hydrogens is 260 g/mol. The molecule has 0 aromatic heterocycles. The zero-order valence-corrected chi connectivity index (χ0v) is 11.8. The lowest BCUT2D eigenvalue weighted by atomic mass is 10.2. The molecule has 4 N–H and O–H groups in total. The fourth-order valence-electron chi connectivity index (χ4n) is 1.15. The highest BCUT2D eigenvalue weighted by molar-refractivity contribution is 8.01. The lowest BCUT2D eigenvalue weighted by Crippen LogP contribution is -2.14. The molecule has 0 fully saturated rings. The fourth-order valence-corrected chi connectivity index (χ4v) is 3.16. The molecular formula is C10H20N2OS3. The first kappa shape index (κ1) is 16.4. The molecule has 0 saturated carbocycles. The Labute approximate surface area is 111 Å². The highest BCUT2D eigenvalue weighted by Crippen LogP contribution is 2.20. The van der Waals surface area contributed by atoms with Crippen LogP contribution < -0.4 is 11.5 Å². The Balaban J connectivity index is 3.77. The first-order valence-corrected chi connectivity index (χ1v) is 7.89. The third-order valence-corrected chi connectivity index (χ3v) is 4.96. The van der Waals surface area contributed by atoms with Gasteiger partial charge in [-0.15, -0.1) is 11.8 Å². The molecule has 0 heterocycles. The Morgan fingerprint density at radius 3 is 2.00 bits per heavy atom. The van der Waals surface area contributed by atoms with Crippen LogP contribution in [0.2, 0.25) is 0 Å². The van der Waals surface area contributed by atoms with Crippen LogP contribution in [0.4, 0.5) is 0 Å². The van der Waals surface area contributed by atoms with Gasteiger partial charge in [0, 0.05) is 29.8 Å². The predicted octanol–water partition coefficient (Wildman–Crippen LogP) is 1.09. The van der Waals surface area contributed by atoms with E-state index in [4.69, 9.17) is 23.7 Å². The van der Waals surface area contributed by atoms with Crippen molar-refractivity contribution in [2.45, 2.75) is 23.3 Å². The van der Waals surface area contributed by atoms with Crippen LogP contribution in [0, 0.1) is 0 Å². The summed E-state index contributed by atoms with van der Waals surface area (Å²) in [6, 6.07) is 0. The number of thioether (sulfide) groups is 2. The van der Waals surface area contributed by atoms with Crippen LogP contribution in [-0.2, 0) is 4.79 Å². The van der Waals surface area contributed by atoms with Crippen molar-refractivity contribution in [2.24, 2.45) is 11.5 Å². The van der Waals surface area contributed by atoms with Gasteiger partial charge in [0.05, 0.1) is 5.25 Å². The number of hydrogen-bond donors (Lipinski definition) is 2. The zero-order valence-electron chi connectivity index (χ0n) is 9.34. The minimum absolute atomic E-state index is 0.0551. The first-order chi connectivity index (χ1) is 7.78. The lowest BCUT2D eigenvalue weighted by Gasteiger charge is -2.13. The Hall–Kier alpha value is 0.380. The summed E-state index contributed by atoms with van der Waals surface area (Å²) in [5, 5.41) is 2.16. The van der Waals surface area contributed by atoms with Gasteiger partial charge in [0.25, 0.3) is 0 Å². The van der Waals surface area contributed by atoms with E-state index < -0.39 is 0 Å². The minimum Gasteiger partial charge on any atom is -0.330 e. The van der Waals surface area contributed by atoms with Gasteiger partial charge < -0.3 is 16.3 Å². The monoisotopic (exact) mass is 280 g/mol. The van der Waals surface area contributed by atoms with Crippen LogP contribution in [0.15, 0.2) is 0 Å². The predicted molar refractivity (Wildman–Crippen MR) is 79.6 cm³/mol. The van der Waals surface area contributed by atoms with Crippen molar-refractivity contribution in [3.8, 4) is 0 Å². The molecule has 0 amide bonds. The highest BCUT2D eigenvalue weighted by Gasteiger charge is 2.11. The summed E-state index contributed by atoms with van der Waals surface area (Å²) in [4.78, 5) is 10.8. The summed E-state index contributed by atoms with van der Waals surface area (Å²) < 4.78 is 0. The molecule has 0 radical (unpaired) electrons. The Morgan fingerprint density at radius 1 is 1.06 bits per heavy atom. The zero-order chi connectivity index (χ0) is 12.2. The van der Waals surface area contributed by atoms with E-state index >= 15 is 0 Å². The maximum atomic E-state index is 10.8. The number of carbonyl (C=O) groups is 1. The van der Waals surface area contributed by atoms with E-state index in [1.165, 1.54) is 0 Å². The second-order valence-electron chi connectivity index (χ2n) is 3.25. The van der Waals surface area contributed by atoms with E-state index in [1.54, 1.807) is 28.9 Å². The lowest BCUT2D eigenvalue weighted by molar-refractivity contribution is -0.107. The van der Waals surface area contributed by atoms with Crippen LogP contribution in [-0.4, -0.2) is 46.7 Å². The molecule has 94 valence electrons. The number of aldehydes is 1. The Bertz CT molecular complexity index is 173. The number of thiocarbonyl (C=S) groups is 1. The normalized spacial score (nSPS) is 14.4. The molecule has 0 aliphatic carbocycles. The van der Waals surface area contributed by atoms with Crippen molar-refractivity contribution < 1.29 is 4.79 Å². The molecule has 0 spiro atoms. The van der Waals surface area contributed by atoms with Gasteiger partial charge in [0.1, 0.15) is 6.29 Å². The topological polar surface area (TPSA) is 69.1 Å². The number of carbonyl (C=O) groups excluding carboxylic acids is 1. The molecule has 0 aromatic carbocycles. The van der Waals surface area contributed by atoms with Crippen molar-refractivity contribution in [3.63, 3.8) is 0 Å². The highest BCUT2D eigenvalue weighted by atomic mass is 32.2. The summed E-state index contributed by atoms with van der Waals surface area (Å²) in [7, 11) is 0. The van der Waals surface area contributed by atoms with Gasteiger partial charge in [-0.05, 0) is 18.2 Å². The van der Waals surface area contributed by atoms with Crippen molar-refractivity contribution >= 4 is 47.4 Å². The van der Waals surface area contributed by atoms with Gasteiger partial charge in [-0.1, -0.05) is 12.2 Å². The van der Waals surface area contributed by atoms with Gasteiger partial charge in [-0.2, -0.15) is 11.8 Å². The van der Waals surface area contributed by atoms with Gasteiger partial charge in [-0.25, -0.2) is 0 Å². The van der Waals surface area contributed by atoms with Gasteiger partial charge in [0.15, 0.2) is 0 Å². The van der Waals surface area contributed by atoms with Crippen LogP contribution in [0.1, 0.15) is 12.8 Å². The maximum Gasteiger partial charge on any atom is 0.132 e. The molecule has 2 atom stereocenters. The van der Waals surface area contributed by atoms with E-state index in [1.807, 2.05) is 0 Å². The second kappa shape index (κ2) is 11.9. The molecule has 0 aliphatic rings. The Kier molecular flexibility index (Phi) is 12.1. The van der Waals surface area contributed by atoms with Gasteiger partial charge >= 0.3 is 0 Å². The molecule has 0 saturated heterocycles. The first-order valence-electron chi connectivity index (χ1n) is 5.32. The quantitative estimate of drug-likeness (QED) is 0.436. The molecule has 0 bridgehead atoms. The van der Waals surface area contributed by atoms with Gasteiger partial charge in [-0.3, -0.25) is 0 Å². The summed E-state index contributed by atoms with van der Waals surface area (Å²) >= 11 is 8.35. The maximum absolute atomic E-state index is 10.8. The van der Waals surface area contributed by atoms with E-state index in [2.05, 4.69) is 0 Å². The summed E-state index contributed by atoms with van der Waals surface area (Å²) in [5.74, 6) is 1.75. The van der Waals surface area contributed by atoms with Crippen LogP contribution >= 0.6 is 35.7 Å². The summed E-state index contributed by atoms with van der Waals surface area (Å²) in [6.45, 7) is 1.29. The van der Waals surface area contributed by atoms with Crippen molar-refractivity contribution in [2.75, 3.05) is 24.6 Å². The van der Waals surface area contributed by atoms with Crippen molar-refractivity contribution in [1.29, 1.82) is 0 Å². The molecule has 0 aliphatic heterocycles. The number of rotatable bonds is 11. The standard InChI is InChI=1S/C10H20N2OS3/c11-3-5-15-9(7-13)1-2-10(8-14)16-6-4-12/h7-10H,1-6,11-12H2. The van der Waals surface area contributed by atoms with E-state index in [-0.39, 0.29) is 5.25 Å². The van der Waals surface area contributed by atoms with E-state index in [0.717, 1.165) is 30.6 Å². The smallest absolute Gasteiger partial charge is 0.132 e. The van der Waals surface area contributed by atoms with Gasteiger partial charge in [0.2, 0.25) is 0 Å². The van der Waals surface area contributed by atoms with Crippen molar-refractivity contribution in [1.82, 2.24) is 0 Å². The Morgan fingerprint density at radius 2 is 1.56 bits per heavy atom. The largest absolute Gasteiger partial charge is 0.330 e. The summed E-state index contributed by atoms with van der Waals surface area (Å²) in [5.41, 5.74) is 10.8. The van der Waals surface area contributed by atoms with Crippen LogP contribution in [0.5, 0.6) is 0 Å². The average Bonchev–Trinajstić information content (AvgIpc) is 2.33. The average molecular weight is 280 g/mol. The molecule has 16 heavy (non-hydrogen) atoms. The minimum atomic E-state index is 0.0551. The van der Waals surface area contributed by atoms with Crippen molar-refractivity contribution in [3.05, 3.63) is 0 Å². The fraction of sp³-hybridized carbons (Fsp3) is 0.800. The molecule has 2 unspecified atom stereocenters. The molecule has 0 rings (SSSR count). The van der Waals surface area contributed by atoms with Crippen LogP contribution in [0.25, 0.3) is 0 Å². The molecule has 3 nitrogen and oxygen atoms in total. The second-order valence-corrected chi connectivity index (χ2v) is 6.21. The molecule has 0 aromatic rings. The van der Waals surface area contributed by atoms with Crippen LogP contribution in [0.3, 0.4) is 0 Å².